The van der Waals surface area contributed by atoms with E-state index in [1.165, 1.54) is 0 Å². The zero-order valence-electron chi connectivity index (χ0n) is 10.3. The van der Waals surface area contributed by atoms with Gasteiger partial charge in [0.25, 0.3) is 0 Å². The smallest absolute Gasteiger partial charge is 0.0731 e. The Bertz CT molecular complexity index is 353. The standard InChI is InChI=1S/C13H20N2O/c1-13(2,3)12-5-4-10(8-14-12)15-7-6-11(16)9-15/h4-5,8,11,16H,6-7,9H2,1-3H3. The summed E-state index contributed by atoms with van der Waals surface area (Å²) in [6.45, 7) is 8.14. The highest BCUT2D eigenvalue weighted by atomic mass is 16.3. The first-order valence-corrected chi connectivity index (χ1v) is 5.86. The number of rotatable bonds is 1. The molecule has 1 atom stereocenters. The molecular formula is C13H20N2O. The Labute approximate surface area is 97.1 Å². The first-order chi connectivity index (χ1) is 7.47. The molecule has 1 aromatic heterocycles. The Balaban J connectivity index is 2.14. The average Bonchev–Trinajstić information content (AvgIpc) is 2.64. The predicted molar refractivity (Wildman–Crippen MR) is 65.8 cm³/mol. The highest BCUT2D eigenvalue weighted by Gasteiger charge is 2.21. The van der Waals surface area contributed by atoms with Crippen molar-refractivity contribution in [3.05, 3.63) is 24.0 Å². The lowest BCUT2D eigenvalue weighted by atomic mass is 9.92. The summed E-state index contributed by atoms with van der Waals surface area (Å²) >= 11 is 0. The fourth-order valence-electron chi connectivity index (χ4n) is 1.99. The van der Waals surface area contributed by atoms with Crippen LogP contribution in [0, 0.1) is 0 Å². The molecule has 2 rings (SSSR count). The quantitative estimate of drug-likeness (QED) is 0.786. The van der Waals surface area contributed by atoms with Crippen molar-refractivity contribution in [3.63, 3.8) is 0 Å². The van der Waals surface area contributed by atoms with Gasteiger partial charge in [0.15, 0.2) is 0 Å². The molecule has 0 spiro atoms. The minimum atomic E-state index is -0.178. The van der Waals surface area contributed by atoms with Gasteiger partial charge in [-0.1, -0.05) is 20.8 Å². The highest BCUT2D eigenvalue weighted by Crippen LogP contribution is 2.24. The Morgan fingerprint density at radius 2 is 2.12 bits per heavy atom. The van der Waals surface area contributed by atoms with Gasteiger partial charge in [0.1, 0.15) is 0 Å². The largest absolute Gasteiger partial charge is 0.391 e. The molecule has 88 valence electrons. The van der Waals surface area contributed by atoms with Crippen LogP contribution in [0.15, 0.2) is 18.3 Å². The number of aliphatic hydroxyl groups excluding tert-OH is 1. The number of hydrogen-bond acceptors (Lipinski definition) is 3. The molecule has 0 radical (unpaired) electrons. The maximum atomic E-state index is 9.48. The number of anilines is 1. The minimum absolute atomic E-state index is 0.100. The van der Waals surface area contributed by atoms with Crippen LogP contribution in [0.3, 0.4) is 0 Å². The van der Waals surface area contributed by atoms with Gasteiger partial charge >= 0.3 is 0 Å². The fraction of sp³-hybridized carbons (Fsp3) is 0.615. The number of aliphatic hydroxyl groups is 1. The maximum absolute atomic E-state index is 9.48. The maximum Gasteiger partial charge on any atom is 0.0731 e. The van der Waals surface area contributed by atoms with Gasteiger partial charge in [-0.05, 0) is 18.6 Å². The molecule has 0 aliphatic carbocycles. The number of aromatic nitrogens is 1. The van der Waals surface area contributed by atoms with Crippen LogP contribution < -0.4 is 4.90 Å². The Morgan fingerprint density at radius 3 is 2.56 bits per heavy atom. The van der Waals surface area contributed by atoms with Gasteiger partial charge in [-0.3, -0.25) is 4.98 Å². The third-order valence-corrected chi connectivity index (χ3v) is 3.04. The van der Waals surface area contributed by atoms with Crippen LogP contribution in [0.4, 0.5) is 5.69 Å². The van der Waals surface area contributed by atoms with Crippen molar-refractivity contribution in [3.8, 4) is 0 Å². The number of β-amino-alcohol motifs (C(OH)–C–C–N with tert-alkyl or cyclic N) is 1. The molecule has 16 heavy (non-hydrogen) atoms. The fourth-order valence-corrected chi connectivity index (χ4v) is 1.99. The summed E-state index contributed by atoms with van der Waals surface area (Å²) in [5, 5.41) is 9.48. The van der Waals surface area contributed by atoms with Crippen molar-refractivity contribution in [1.82, 2.24) is 4.98 Å². The van der Waals surface area contributed by atoms with Crippen LogP contribution in [-0.2, 0) is 5.41 Å². The zero-order chi connectivity index (χ0) is 11.8. The predicted octanol–water partition coefficient (Wildman–Crippen LogP) is 1.95. The minimum Gasteiger partial charge on any atom is -0.391 e. The topological polar surface area (TPSA) is 36.4 Å². The summed E-state index contributed by atoms with van der Waals surface area (Å²) in [4.78, 5) is 6.68. The van der Waals surface area contributed by atoms with Gasteiger partial charge in [-0.15, -0.1) is 0 Å². The molecule has 0 saturated carbocycles. The van der Waals surface area contributed by atoms with Crippen molar-refractivity contribution in [2.45, 2.75) is 38.7 Å². The summed E-state index contributed by atoms with van der Waals surface area (Å²) in [5.41, 5.74) is 2.32. The van der Waals surface area contributed by atoms with E-state index in [9.17, 15) is 5.11 Å². The van der Waals surface area contributed by atoms with E-state index in [1.807, 2.05) is 6.20 Å². The first kappa shape index (κ1) is 11.4. The molecule has 3 heteroatoms. The highest BCUT2D eigenvalue weighted by molar-refractivity contribution is 5.46. The van der Waals surface area contributed by atoms with Crippen LogP contribution in [-0.4, -0.2) is 29.3 Å². The van der Waals surface area contributed by atoms with Crippen molar-refractivity contribution >= 4 is 5.69 Å². The SMILES string of the molecule is CC(C)(C)c1ccc(N2CCC(O)C2)cn1. The van der Waals surface area contributed by atoms with E-state index >= 15 is 0 Å². The molecule has 1 saturated heterocycles. The van der Waals surface area contributed by atoms with Crippen LogP contribution in [0.5, 0.6) is 0 Å². The van der Waals surface area contributed by atoms with Gasteiger partial charge in [-0.25, -0.2) is 0 Å². The van der Waals surface area contributed by atoms with Crippen molar-refractivity contribution in [2.24, 2.45) is 0 Å². The van der Waals surface area contributed by atoms with Crippen LogP contribution >= 0.6 is 0 Å². The van der Waals surface area contributed by atoms with E-state index in [1.54, 1.807) is 0 Å². The van der Waals surface area contributed by atoms with E-state index in [0.717, 1.165) is 30.9 Å². The molecule has 1 fully saturated rings. The third-order valence-electron chi connectivity index (χ3n) is 3.04. The van der Waals surface area contributed by atoms with Gasteiger partial charge in [0, 0.05) is 24.2 Å². The van der Waals surface area contributed by atoms with E-state index in [4.69, 9.17) is 0 Å². The molecule has 1 unspecified atom stereocenters. The van der Waals surface area contributed by atoms with Gasteiger partial charge in [0.2, 0.25) is 0 Å². The lowest BCUT2D eigenvalue weighted by Crippen LogP contribution is -2.22. The summed E-state index contributed by atoms with van der Waals surface area (Å²) in [6.07, 6.45) is 2.60. The molecule has 2 heterocycles. The summed E-state index contributed by atoms with van der Waals surface area (Å²) in [7, 11) is 0. The van der Waals surface area contributed by atoms with Crippen molar-refractivity contribution < 1.29 is 5.11 Å². The molecule has 0 aromatic carbocycles. The van der Waals surface area contributed by atoms with Gasteiger partial charge in [-0.2, -0.15) is 0 Å². The molecular weight excluding hydrogens is 200 g/mol. The van der Waals surface area contributed by atoms with Crippen LogP contribution in [0.25, 0.3) is 0 Å². The first-order valence-electron chi connectivity index (χ1n) is 5.86. The second-order valence-electron chi connectivity index (χ2n) is 5.54. The number of hydrogen-bond donors (Lipinski definition) is 1. The van der Waals surface area contributed by atoms with E-state index in [-0.39, 0.29) is 11.5 Å². The Hall–Kier alpha value is -1.09. The Morgan fingerprint density at radius 1 is 1.38 bits per heavy atom. The third kappa shape index (κ3) is 2.35. The molecule has 1 aliphatic heterocycles. The molecule has 0 amide bonds. The molecule has 3 nitrogen and oxygen atoms in total. The molecule has 1 aromatic rings. The van der Waals surface area contributed by atoms with E-state index in [0.29, 0.717) is 0 Å². The second kappa shape index (κ2) is 4.06. The van der Waals surface area contributed by atoms with E-state index < -0.39 is 0 Å². The van der Waals surface area contributed by atoms with Crippen LogP contribution in [0.2, 0.25) is 0 Å². The molecule has 1 aliphatic rings. The van der Waals surface area contributed by atoms with Gasteiger partial charge < -0.3 is 10.0 Å². The summed E-state index contributed by atoms with van der Waals surface area (Å²) in [5.74, 6) is 0. The normalized spacial score (nSPS) is 21.5. The average molecular weight is 220 g/mol. The summed E-state index contributed by atoms with van der Waals surface area (Å²) in [6, 6.07) is 4.19. The Kier molecular flexibility index (Phi) is 2.89. The van der Waals surface area contributed by atoms with Gasteiger partial charge in [0.05, 0.1) is 18.0 Å². The van der Waals surface area contributed by atoms with Crippen molar-refractivity contribution in [2.75, 3.05) is 18.0 Å². The monoisotopic (exact) mass is 220 g/mol. The molecule has 1 N–H and O–H groups in total. The van der Waals surface area contributed by atoms with Crippen LogP contribution in [0.1, 0.15) is 32.9 Å². The lowest BCUT2D eigenvalue weighted by Gasteiger charge is -2.21. The van der Waals surface area contributed by atoms with Crippen molar-refractivity contribution in [1.29, 1.82) is 0 Å². The second-order valence-corrected chi connectivity index (χ2v) is 5.54. The summed E-state index contributed by atoms with van der Waals surface area (Å²) < 4.78 is 0. The molecule has 0 bridgehead atoms. The number of pyridine rings is 1. The van der Waals surface area contributed by atoms with E-state index in [2.05, 4.69) is 42.8 Å². The zero-order valence-corrected chi connectivity index (χ0v) is 10.3. The lowest BCUT2D eigenvalue weighted by molar-refractivity contribution is 0.198. The number of nitrogens with zero attached hydrogens (tertiary/aromatic N) is 2.